The molecule has 0 saturated carbocycles. The van der Waals surface area contributed by atoms with Crippen molar-refractivity contribution in [3.8, 4) is 0 Å². The molecule has 33 heavy (non-hydrogen) atoms. The van der Waals surface area contributed by atoms with Gasteiger partial charge in [-0.05, 0) is 30.3 Å². The summed E-state index contributed by atoms with van der Waals surface area (Å²) in [5.74, 6) is 0. The molecule has 0 aliphatic carbocycles. The van der Waals surface area contributed by atoms with E-state index >= 15 is 0 Å². The zero-order chi connectivity index (χ0) is 23.6. The molecule has 0 spiro atoms. The molecular weight excluding hydrogens is 439 g/mol. The summed E-state index contributed by atoms with van der Waals surface area (Å²) in [5, 5.41) is 2.66. The van der Waals surface area contributed by atoms with E-state index in [-0.39, 0.29) is 19.1 Å². The molecule has 1 aliphatic heterocycles. The third-order valence-electron chi connectivity index (χ3n) is 5.73. The van der Waals surface area contributed by atoms with Crippen molar-refractivity contribution in [3.63, 3.8) is 0 Å². The Balaban J connectivity index is 1.26. The first-order valence-corrected chi connectivity index (χ1v) is 10.4. The number of para-hydroxylation sites is 2. The second kappa shape index (κ2) is 9.18. The van der Waals surface area contributed by atoms with Gasteiger partial charge in [-0.2, -0.15) is 13.2 Å². The number of nitrogens with one attached hydrogen (secondary N) is 1. The molecule has 1 N–H and O–H groups in total. The van der Waals surface area contributed by atoms with Gasteiger partial charge in [-0.15, -0.1) is 0 Å². The van der Waals surface area contributed by atoms with Crippen molar-refractivity contribution in [3.05, 3.63) is 64.6 Å². The number of piperazine rings is 1. The smallest absolute Gasteiger partial charge is 0.416 e. The fourth-order valence-corrected chi connectivity index (χ4v) is 3.88. The highest BCUT2D eigenvalue weighted by Gasteiger charge is 2.31. The number of hydrogen-bond donors (Lipinski definition) is 1. The SMILES string of the molecule is Cn1c(=O)n(COC(=O)NCN2CCN(c3cccc(C(F)(F)F)c3)CC2)c2ccccc21. The number of carbonyl (C=O) groups excluding carboxylic acids is 1. The molecule has 1 saturated heterocycles. The molecule has 1 aliphatic rings. The van der Waals surface area contributed by atoms with Crippen LogP contribution in [0.3, 0.4) is 0 Å². The molecule has 2 aromatic carbocycles. The Morgan fingerprint density at radius 1 is 1.03 bits per heavy atom. The maximum atomic E-state index is 12.9. The second-order valence-electron chi connectivity index (χ2n) is 7.81. The molecule has 3 aromatic rings. The summed E-state index contributed by atoms with van der Waals surface area (Å²) in [6.07, 6.45) is -5.03. The van der Waals surface area contributed by atoms with Crippen LogP contribution in [0.2, 0.25) is 0 Å². The minimum absolute atomic E-state index is 0.213. The summed E-state index contributed by atoms with van der Waals surface area (Å²) < 4.78 is 46.9. The number of imidazole rings is 1. The van der Waals surface area contributed by atoms with E-state index in [0.717, 1.165) is 17.6 Å². The van der Waals surface area contributed by atoms with Gasteiger partial charge in [0.05, 0.1) is 23.3 Å². The molecule has 11 heteroatoms. The van der Waals surface area contributed by atoms with Crippen LogP contribution in [0.15, 0.2) is 53.3 Å². The molecule has 0 bridgehead atoms. The van der Waals surface area contributed by atoms with Gasteiger partial charge in [0.2, 0.25) is 0 Å². The zero-order valence-electron chi connectivity index (χ0n) is 18.0. The molecule has 8 nitrogen and oxygen atoms in total. The summed E-state index contributed by atoms with van der Waals surface area (Å²) in [7, 11) is 1.65. The predicted molar refractivity (Wildman–Crippen MR) is 117 cm³/mol. The number of alkyl carbamates (subject to hydrolysis) is 1. The number of nitrogens with zero attached hydrogens (tertiary/aromatic N) is 4. The fourth-order valence-electron chi connectivity index (χ4n) is 3.88. The molecule has 1 aromatic heterocycles. The number of aromatic nitrogens is 2. The second-order valence-corrected chi connectivity index (χ2v) is 7.81. The lowest BCUT2D eigenvalue weighted by molar-refractivity contribution is -0.137. The van der Waals surface area contributed by atoms with E-state index in [2.05, 4.69) is 5.32 Å². The first-order chi connectivity index (χ1) is 15.7. The lowest BCUT2D eigenvalue weighted by Gasteiger charge is -2.36. The van der Waals surface area contributed by atoms with E-state index in [1.165, 1.54) is 15.2 Å². The Hall–Kier alpha value is -3.47. The van der Waals surface area contributed by atoms with E-state index in [4.69, 9.17) is 4.74 Å². The molecule has 4 rings (SSSR count). The number of hydrogen-bond acceptors (Lipinski definition) is 5. The number of ether oxygens (including phenoxy) is 1. The van der Waals surface area contributed by atoms with Crippen molar-refractivity contribution in [1.82, 2.24) is 19.4 Å². The number of aryl methyl sites for hydroxylation is 1. The molecule has 0 radical (unpaired) electrons. The minimum atomic E-state index is -4.38. The van der Waals surface area contributed by atoms with Crippen LogP contribution in [0.5, 0.6) is 0 Å². The highest BCUT2D eigenvalue weighted by atomic mass is 19.4. The van der Waals surface area contributed by atoms with Gasteiger partial charge >= 0.3 is 18.0 Å². The van der Waals surface area contributed by atoms with Gasteiger partial charge in [0, 0.05) is 38.9 Å². The van der Waals surface area contributed by atoms with Crippen LogP contribution >= 0.6 is 0 Å². The van der Waals surface area contributed by atoms with Crippen molar-refractivity contribution in [1.29, 1.82) is 0 Å². The Morgan fingerprint density at radius 2 is 1.73 bits per heavy atom. The largest absolute Gasteiger partial charge is 0.428 e. The van der Waals surface area contributed by atoms with Crippen molar-refractivity contribution in [2.24, 2.45) is 7.05 Å². The lowest BCUT2D eigenvalue weighted by Crippen LogP contribution is -2.50. The van der Waals surface area contributed by atoms with Gasteiger partial charge in [0.1, 0.15) is 0 Å². The van der Waals surface area contributed by atoms with Crippen molar-refractivity contribution >= 4 is 22.8 Å². The van der Waals surface area contributed by atoms with Crippen molar-refractivity contribution < 1.29 is 22.7 Å². The van der Waals surface area contributed by atoms with Crippen molar-refractivity contribution in [2.45, 2.75) is 12.9 Å². The first kappa shape index (κ1) is 22.7. The van der Waals surface area contributed by atoms with Crippen LogP contribution in [-0.2, 0) is 24.7 Å². The molecule has 0 unspecified atom stereocenters. The van der Waals surface area contributed by atoms with Gasteiger partial charge in [-0.25, -0.2) is 9.59 Å². The Labute approximate surface area is 187 Å². The van der Waals surface area contributed by atoms with Crippen LogP contribution in [0.1, 0.15) is 5.56 Å². The van der Waals surface area contributed by atoms with Crippen LogP contribution in [0, 0.1) is 0 Å². The first-order valence-electron chi connectivity index (χ1n) is 10.4. The molecular formula is C22H24F3N5O3. The Morgan fingerprint density at radius 3 is 2.42 bits per heavy atom. The Bertz CT molecular complexity index is 1200. The number of benzene rings is 2. The molecule has 176 valence electrons. The lowest BCUT2D eigenvalue weighted by atomic mass is 10.1. The van der Waals surface area contributed by atoms with Crippen LogP contribution < -0.4 is 15.9 Å². The van der Waals surface area contributed by atoms with Crippen molar-refractivity contribution in [2.75, 3.05) is 37.7 Å². The normalized spacial score (nSPS) is 15.1. The summed E-state index contributed by atoms with van der Waals surface area (Å²) in [6.45, 7) is 2.22. The molecule has 1 amide bonds. The average molecular weight is 463 g/mol. The summed E-state index contributed by atoms with van der Waals surface area (Å²) in [6, 6.07) is 12.5. The van der Waals surface area contributed by atoms with Crippen LogP contribution in [0.4, 0.5) is 23.7 Å². The maximum Gasteiger partial charge on any atom is 0.416 e. The number of amides is 1. The van der Waals surface area contributed by atoms with E-state index in [9.17, 15) is 22.8 Å². The van der Waals surface area contributed by atoms with Gasteiger partial charge in [0.15, 0.2) is 6.73 Å². The van der Waals surface area contributed by atoms with Gasteiger partial charge in [-0.1, -0.05) is 18.2 Å². The highest BCUT2D eigenvalue weighted by Crippen LogP contribution is 2.31. The van der Waals surface area contributed by atoms with E-state index in [0.29, 0.717) is 37.4 Å². The number of anilines is 1. The number of alkyl halides is 3. The quantitative estimate of drug-likeness (QED) is 0.630. The van der Waals surface area contributed by atoms with E-state index in [1.807, 2.05) is 21.9 Å². The number of rotatable bonds is 5. The standard InChI is InChI=1S/C22H24F3N5O3/c1-27-18-7-2-3-8-19(18)30(21(27)32)15-33-20(31)26-14-28-9-11-29(12-10-28)17-6-4-5-16(13-17)22(23,24)25/h2-8,13H,9-12,14-15H2,1H3,(H,26,31). The van der Waals surface area contributed by atoms with E-state index < -0.39 is 17.8 Å². The molecule has 1 fully saturated rings. The summed E-state index contributed by atoms with van der Waals surface area (Å²) >= 11 is 0. The maximum absolute atomic E-state index is 12.9. The number of carbonyl (C=O) groups is 1. The van der Waals surface area contributed by atoms with Gasteiger partial charge in [-0.3, -0.25) is 14.0 Å². The Kier molecular flexibility index (Phi) is 6.32. The van der Waals surface area contributed by atoms with Crippen LogP contribution in [-0.4, -0.2) is 53.0 Å². The molecule has 0 atom stereocenters. The third-order valence-corrected chi connectivity index (χ3v) is 5.73. The van der Waals surface area contributed by atoms with Gasteiger partial charge in [0.25, 0.3) is 0 Å². The summed E-state index contributed by atoms with van der Waals surface area (Å²) in [4.78, 5) is 28.4. The minimum Gasteiger partial charge on any atom is -0.428 e. The number of halogens is 3. The topological polar surface area (TPSA) is 71.7 Å². The third kappa shape index (κ3) is 4.98. The summed E-state index contributed by atoms with van der Waals surface area (Å²) in [5.41, 5.74) is 0.984. The highest BCUT2D eigenvalue weighted by molar-refractivity contribution is 5.76. The zero-order valence-corrected chi connectivity index (χ0v) is 18.0. The number of fused-ring (bicyclic) bond motifs is 1. The molecule has 2 heterocycles. The van der Waals surface area contributed by atoms with Crippen LogP contribution in [0.25, 0.3) is 11.0 Å². The monoisotopic (exact) mass is 463 g/mol. The fraction of sp³-hybridized carbons (Fsp3) is 0.364. The predicted octanol–water partition coefficient (Wildman–Crippen LogP) is 2.82. The van der Waals surface area contributed by atoms with Gasteiger partial charge < -0.3 is 15.0 Å². The van der Waals surface area contributed by atoms with E-state index in [1.54, 1.807) is 25.2 Å². The average Bonchev–Trinajstić information content (AvgIpc) is 3.06.